The summed E-state index contributed by atoms with van der Waals surface area (Å²) in [7, 11) is 2.05. The first-order valence-electron chi connectivity index (χ1n) is 6.94. The lowest BCUT2D eigenvalue weighted by atomic mass is 9.98. The summed E-state index contributed by atoms with van der Waals surface area (Å²) in [5.74, 6) is 0. The fraction of sp³-hybridized carbons (Fsp3) is 0.294. The van der Waals surface area contributed by atoms with E-state index in [0.717, 1.165) is 13.0 Å². The zero-order chi connectivity index (χ0) is 13.1. The average molecular weight is 252 g/mol. The van der Waals surface area contributed by atoms with Crippen molar-refractivity contribution in [1.82, 2.24) is 5.32 Å². The number of nitrogens with zero attached hydrogens (tertiary/aromatic N) is 1. The van der Waals surface area contributed by atoms with E-state index in [4.69, 9.17) is 0 Å². The Morgan fingerprint density at radius 2 is 1.79 bits per heavy atom. The average Bonchev–Trinajstić information content (AvgIpc) is 2.49. The van der Waals surface area contributed by atoms with Gasteiger partial charge in [-0.2, -0.15) is 0 Å². The van der Waals surface area contributed by atoms with Crippen LogP contribution >= 0.6 is 0 Å². The minimum absolute atomic E-state index is 0.426. The van der Waals surface area contributed by atoms with Crippen LogP contribution in [0.2, 0.25) is 0 Å². The summed E-state index contributed by atoms with van der Waals surface area (Å²) < 4.78 is 0. The fourth-order valence-corrected chi connectivity index (χ4v) is 2.89. The van der Waals surface area contributed by atoms with Crippen LogP contribution < -0.4 is 10.2 Å². The molecule has 0 bridgehead atoms. The number of fused-ring (bicyclic) bond motifs is 1. The Hall–Kier alpha value is -1.80. The van der Waals surface area contributed by atoms with Crippen molar-refractivity contribution in [2.45, 2.75) is 25.6 Å². The SMILES string of the molecule is CNC1CCc2ccccc2N1Cc1ccccc1. The molecule has 0 saturated heterocycles. The van der Waals surface area contributed by atoms with Gasteiger partial charge in [0, 0.05) is 12.2 Å². The third kappa shape index (κ3) is 2.49. The lowest BCUT2D eigenvalue weighted by Crippen LogP contribution is -2.46. The highest BCUT2D eigenvalue weighted by molar-refractivity contribution is 5.56. The molecule has 2 heteroatoms. The Kier molecular flexibility index (Phi) is 3.51. The Morgan fingerprint density at radius 1 is 1.05 bits per heavy atom. The number of para-hydroxylation sites is 1. The maximum atomic E-state index is 3.44. The summed E-state index contributed by atoms with van der Waals surface area (Å²) >= 11 is 0. The lowest BCUT2D eigenvalue weighted by molar-refractivity contribution is 0.469. The van der Waals surface area contributed by atoms with Crippen molar-refractivity contribution < 1.29 is 0 Å². The van der Waals surface area contributed by atoms with Crippen molar-refractivity contribution in [3.63, 3.8) is 0 Å². The van der Waals surface area contributed by atoms with Crippen molar-refractivity contribution in [3.8, 4) is 0 Å². The van der Waals surface area contributed by atoms with Gasteiger partial charge in [0.15, 0.2) is 0 Å². The van der Waals surface area contributed by atoms with Gasteiger partial charge in [0.2, 0.25) is 0 Å². The molecular formula is C17H20N2. The predicted octanol–water partition coefficient (Wildman–Crippen LogP) is 3.18. The molecule has 1 unspecified atom stereocenters. The molecule has 0 aliphatic carbocycles. The van der Waals surface area contributed by atoms with Crippen molar-refractivity contribution in [1.29, 1.82) is 0 Å². The van der Waals surface area contributed by atoms with Crippen molar-refractivity contribution in [2.75, 3.05) is 11.9 Å². The van der Waals surface area contributed by atoms with E-state index in [9.17, 15) is 0 Å². The van der Waals surface area contributed by atoms with E-state index in [0.29, 0.717) is 6.17 Å². The molecule has 0 aromatic heterocycles. The molecule has 1 heterocycles. The number of anilines is 1. The second-order valence-corrected chi connectivity index (χ2v) is 5.09. The molecule has 3 rings (SSSR count). The number of nitrogens with one attached hydrogen (secondary N) is 1. The van der Waals surface area contributed by atoms with E-state index in [2.05, 4.69) is 71.9 Å². The van der Waals surface area contributed by atoms with Crippen LogP contribution in [-0.2, 0) is 13.0 Å². The second-order valence-electron chi connectivity index (χ2n) is 5.09. The maximum absolute atomic E-state index is 3.44. The second kappa shape index (κ2) is 5.45. The molecule has 0 saturated carbocycles. The van der Waals surface area contributed by atoms with E-state index in [1.165, 1.54) is 23.2 Å². The first-order valence-corrected chi connectivity index (χ1v) is 6.94. The molecule has 2 aromatic carbocycles. The van der Waals surface area contributed by atoms with Gasteiger partial charge in [-0.25, -0.2) is 0 Å². The van der Waals surface area contributed by atoms with Gasteiger partial charge in [-0.05, 0) is 37.1 Å². The molecule has 0 amide bonds. The monoisotopic (exact) mass is 252 g/mol. The summed E-state index contributed by atoms with van der Waals surface area (Å²) in [6.07, 6.45) is 2.75. The fourth-order valence-electron chi connectivity index (χ4n) is 2.89. The topological polar surface area (TPSA) is 15.3 Å². The van der Waals surface area contributed by atoms with Crippen LogP contribution in [0.15, 0.2) is 54.6 Å². The van der Waals surface area contributed by atoms with Crippen LogP contribution in [0.1, 0.15) is 17.5 Å². The van der Waals surface area contributed by atoms with E-state index in [-0.39, 0.29) is 0 Å². The maximum Gasteiger partial charge on any atom is 0.0800 e. The molecule has 2 aromatic rings. The normalized spacial score (nSPS) is 18.2. The summed E-state index contributed by atoms with van der Waals surface area (Å²) in [5.41, 5.74) is 4.20. The van der Waals surface area contributed by atoms with Gasteiger partial charge in [-0.15, -0.1) is 0 Å². The molecular weight excluding hydrogens is 232 g/mol. The minimum Gasteiger partial charge on any atom is -0.351 e. The predicted molar refractivity (Wildman–Crippen MR) is 80.2 cm³/mol. The van der Waals surface area contributed by atoms with Crippen LogP contribution in [0.3, 0.4) is 0 Å². The van der Waals surface area contributed by atoms with E-state index < -0.39 is 0 Å². The van der Waals surface area contributed by atoms with Gasteiger partial charge in [-0.1, -0.05) is 48.5 Å². The van der Waals surface area contributed by atoms with E-state index >= 15 is 0 Å². The minimum atomic E-state index is 0.426. The highest BCUT2D eigenvalue weighted by Crippen LogP contribution is 2.30. The van der Waals surface area contributed by atoms with E-state index in [1.54, 1.807) is 0 Å². The number of aryl methyl sites for hydroxylation is 1. The Morgan fingerprint density at radius 3 is 2.58 bits per heavy atom. The van der Waals surface area contributed by atoms with Crippen LogP contribution in [-0.4, -0.2) is 13.2 Å². The molecule has 1 aliphatic rings. The van der Waals surface area contributed by atoms with Crippen molar-refractivity contribution in [3.05, 3.63) is 65.7 Å². The molecule has 2 nitrogen and oxygen atoms in total. The largest absolute Gasteiger partial charge is 0.351 e. The number of benzene rings is 2. The standard InChI is InChI=1S/C17H20N2/c1-18-17-12-11-15-9-5-6-10-16(15)19(17)13-14-7-3-2-4-8-14/h2-10,17-18H,11-13H2,1H3. The third-order valence-corrected chi connectivity index (χ3v) is 3.89. The van der Waals surface area contributed by atoms with Crippen molar-refractivity contribution in [2.24, 2.45) is 0 Å². The van der Waals surface area contributed by atoms with Gasteiger partial charge >= 0.3 is 0 Å². The highest BCUT2D eigenvalue weighted by atomic mass is 15.3. The van der Waals surface area contributed by atoms with Crippen LogP contribution in [0.5, 0.6) is 0 Å². The first kappa shape index (κ1) is 12.2. The molecule has 1 atom stereocenters. The first-order chi connectivity index (χ1) is 9.38. The molecule has 1 N–H and O–H groups in total. The summed E-state index contributed by atoms with van der Waals surface area (Å²) in [5, 5.41) is 3.44. The highest BCUT2D eigenvalue weighted by Gasteiger charge is 2.24. The van der Waals surface area contributed by atoms with Crippen molar-refractivity contribution >= 4 is 5.69 Å². The quantitative estimate of drug-likeness (QED) is 0.902. The van der Waals surface area contributed by atoms with Crippen LogP contribution in [0.25, 0.3) is 0 Å². The van der Waals surface area contributed by atoms with Gasteiger partial charge in [0.1, 0.15) is 0 Å². The molecule has 0 radical (unpaired) electrons. The van der Waals surface area contributed by atoms with Gasteiger partial charge in [0.25, 0.3) is 0 Å². The number of hydrogen-bond acceptors (Lipinski definition) is 2. The number of hydrogen-bond donors (Lipinski definition) is 1. The van der Waals surface area contributed by atoms with Crippen LogP contribution in [0, 0.1) is 0 Å². The molecule has 98 valence electrons. The Bertz CT molecular complexity index is 536. The Balaban J connectivity index is 1.92. The summed E-state index contributed by atoms with van der Waals surface area (Å²) in [6.45, 7) is 0.962. The smallest absolute Gasteiger partial charge is 0.0800 e. The third-order valence-electron chi connectivity index (χ3n) is 3.89. The number of rotatable bonds is 3. The molecule has 1 aliphatic heterocycles. The van der Waals surface area contributed by atoms with E-state index in [1.807, 2.05) is 0 Å². The van der Waals surface area contributed by atoms with Gasteiger partial charge in [-0.3, -0.25) is 0 Å². The molecule has 0 spiro atoms. The zero-order valence-electron chi connectivity index (χ0n) is 11.3. The Labute approximate surface area is 115 Å². The molecule has 0 fully saturated rings. The summed E-state index contributed by atoms with van der Waals surface area (Å²) in [6, 6.07) is 19.4. The molecule has 19 heavy (non-hydrogen) atoms. The van der Waals surface area contributed by atoms with Crippen LogP contribution in [0.4, 0.5) is 5.69 Å². The van der Waals surface area contributed by atoms with Gasteiger partial charge in [0.05, 0.1) is 6.17 Å². The zero-order valence-corrected chi connectivity index (χ0v) is 11.3. The summed E-state index contributed by atoms with van der Waals surface area (Å²) in [4.78, 5) is 2.48. The van der Waals surface area contributed by atoms with Gasteiger partial charge < -0.3 is 10.2 Å². The lowest BCUT2D eigenvalue weighted by Gasteiger charge is -2.38.